The van der Waals surface area contributed by atoms with Gasteiger partial charge in [0.05, 0.1) is 0 Å². The van der Waals surface area contributed by atoms with Crippen LogP contribution in [0.15, 0.2) is 5.38 Å². The minimum atomic E-state index is -1.09. The molecule has 64 valence electrons. The molecular formula is C5H5N3O3S. The number of aliphatic carboxylic acids is 1. The van der Waals surface area contributed by atoms with Crippen molar-refractivity contribution in [3.63, 3.8) is 0 Å². The Morgan fingerprint density at radius 1 is 1.67 bits per heavy atom. The Hall–Kier alpha value is -1.50. The molecule has 0 fully saturated rings. The molecule has 0 aliphatic rings. The van der Waals surface area contributed by atoms with E-state index in [0.29, 0.717) is 0 Å². The van der Waals surface area contributed by atoms with Gasteiger partial charge in [-0.2, -0.15) is 0 Å². The van der Waals surface area contributed by atoms with Crippen LogP contribution in [0.4, 0.5) is 0 Å². The van der Waals surface area contributed by atoms with E-state index in [1.54, 1.807) is 0 Å². The second-order valence-electron chi connectivity index (χ2n) is 1.87. The highest BCUT2D eigenvalue weighted by Gasteiger charge is 2.08. The van der Waals surface area contributed by atoms with E-state index in [1.165, 1.54) is 5.38 Å². The molecule has 2 N–H and O–H groups in total. The third-order valence-corrected chi connectivity index (χ3v) is 1.50. The van der Waals surface area contributed by atoms with Crippen LogP contribution in [0.3, 0.4) is 0 Å². The molecule has 0 aliphatic carbocycles. The summed E-state index contributed by atoms with van der Waals surface area (Å²) in [6.07, 6.45) is 0. The van der Waals surface area contributed by atoms with Gasteiger partial charge in [0.15, 0.2) is 5.69 Å². The first-order valence-corrected chi connectivity index (χ1v) is 3.81. The van der Waals surface area contributed by atoms with Crippen LogP contribution in [-0.2, 0) is 4.79 Å². The number of rotatable bonds is 3. The van der Waals surface area contributed by atoms with E-state index in [2.05, 4.69) is 14.9 Å². The zero-order valence-electron chi connectivity index (χ0n) is 5.85. The topological polar surface area (TPSA) is 92.2 Å². The van der Waals surface area contributed by atoms with Crippen molar-refractivity contribution in [1.29, 1.82) is 0 Å². The summed E-state index contributed by atoms with van der Waals surface area (Å²) in [6.45, 7) is -0.406. The largest absolute Gasteiger partial charge is 0.480 e. The van der Waals surface area contributed by atoms with E-state index >= 15 is 0 Å². The Balaban J connectivity index is 2.45. The summed E-state index contributed by atoms with van der Waals surface area (Å²) in [6, 6.07) is 0. The lowest BCUT2D eigenvalue weighted by atomic mass is 10.4. The van der Waals surface area contributed by atoms with Gasteiger partial charge in [0.2, 0.25) is 0 Å². The second-order valence-corrected chi connectivity index (χ2v) is 2.48. The van der Waals surface area contributed by atoms with Crippen molar-refractivity contribution in [3.05, 3.63) is 11.1 Å². The van der Waals surface area contributed by atoms with Crippen molar-refractivity contribution in [2.24, 2.45) is 0 Å². The van der Waals surface area contributed by atoms with Crippen molar-refractivity contribution >= 4 is 23.4 Å². The van der Waals surface area contributed by atoms with Crippen molar-refractivity contribution in [1.82, 2.24) is 14.9 Å². The highest BCUT2D eigenvalue weighted by atomic mass is 32.1. The molecule has 0 unspecified atom stereocenters. The van der Waals surface area contributed by atoms with Crippen LogP contribution in [0, 0.1) is 0 Å². The smallest absolute Gasteiger partial charge is 0.322 e. The summed E-state index contributed by atoms with van der Waals surface area (Å²) in [4.78, 5) is 21.0. The normalized spacial score (nSPS) is 9.33. The average molecular weight is 187 g/mol. The van der Waals surface area contributed by atoms with Gasteiger partial charge in [-0.25, -0.2) is 0 Å². The Morgan fingerprint density at radius 2 is 2.42 bits per heavy atom. The van der Waals surface area contributed by atoms with Crippen LogP contribution in [0.2, 0.25) is 0 Å². The number of nitrogens with one attached hydrogen (secondary N) is 1. The predicted octanol–water partition coefficient (Wildman–Crippen LogP) is -0.648. The Labute approximate surface area is 71.4 Å². The van der Waals surface area contributed by atoms with Crippen LogP contribution < -0.4 is 5.32 Å². The fourth-order valence-corrected chi connectivity index (χ4v) is 0.946. The average Bonchev–Trinajstić information content (AvgIpc) is 2.51. The fourth-order valence-electron chi connectivity index (χ4n) is 0.510. The molecule has 0 aromatic carbocycles. The quantitative estimate of drug-likeness (QED) is 0.656. The molecule has 6 nitrogen and oxygen atoms in total. The predicted molar refractivity (Wildman–Crippen MR) is 39.9 cm³/mol. The minimum absolute atomic E-state index is 0.140. The van der Waals surface area contributed by atoms with Crippen molar-refractivity contribution < 1.29 is 14.7 Å². The molecular weight excluding hydrogens is 182 g/mol. The Bertz CT molecular complexity index is 284. The summed E-state index contributed by atoms with van der Waals surface area (Å²) in [5.74, 6) is -1.61. The zero-order chi connectivity index (χ0) is 8.97. The van der Waals surface area contributed by atoms with Crippen LogP contribution in [0.1, 0.15) is 10.5 Å². The second kappa shape index (κ2) is 3.77. The molecule has 0 bridgehead atoms. The van der Waals surface area contributed by atoms with Crippen LogP contribution in [-0.4, -0.2) is 33.1 Å². The number of carboxylic acids is 1. The first-order chi connectivity index (χ1) is 5.70. The van der Waals surface area contributed by atoms with Gasteiger partial charge in [-0.1, -0.05) is 4.49 Å². The van der Waals surface area contributed by atoms with E-state index in [1.807, 2.05) is 0 Å². The number of carbonyl (C=O) groups is 2. The van der Waals surface area contributed by atoms with E-state index in [-0.39, 0.29) is 5.69 Å². The molecule has 1 aromatic rings. The number of aromatic nitrogens is 2. The van der Waals surface area contributed by atoms with Gasteiger partial charge in [0.25, 0.3) is 5.91 Å². The fraction of sp³-hybridized carbons (Fsp3) is 0.200. The lowest BCUT2D eigenvalue weighted by Crippen LogP contribution is -2.29. The van der Waals surface area contributed by atoms with E-state index in [4.69, 9.17) is 5.11 Å². The third kappa shape index (κ3) is 2.27. The number of nitrogens with zero attached hydrogens (tertiary/aromatic N) is 2. The Morgan fingerprint density at radius 3 is 2.92 bits per heavy atom. The van der Waals surface area contributed by atoms with Gasteiger partial charge >= 0.3 is 5.97 Å². The maximum Gasteiger partial charge on any atom is 0.322 e. The zero-order valence-corrected chi connectivity index (χ0v) is 6.67. The summed E-state index contributed by atoms with van der Waals surface area (Å²) in [5, 5.41) is 15.3. The van der Waals surface area contributed by atoms with Gasteiger partial charge < -0.3 is 10.4 Å². The highest BCUT2D eigenvalue weighted by molar-refractivity contribution is 7.03. The molecule has 0 atom stereocenters. The maximum absolute atomic E-state index is 10.9. The molecule has 0 saturated heterocycles. The van der Waals surface area contributed by atoms with Crippen LogP contribution in [0.25, 0.3) is 0 Å². The van der Waals surface area contributed by atoms with Crippen molar-refractivity contribution in [2.75, 3.05) is 6.54 Å². The molecule has 0 spiro atoms. The molecule has 1 amide bonds. The van der Waals surface area contributed by atoms with Crippen LogP contribution in [0.5, 0.6) is 0 Å². The minimum Gasteiger partial charge on any atom is -0.480 e. The van der Waals surface area contributed by atoms with E-state index in [9.17, 15) is 9.59 Å². The first kappa shape index (κ1) is 8.60. The summed E-state index contributed by atoms with van der Waals surface area (Å²) < 4.78 is 3.45. The standard InChI is InChI=1S/C5H5N3O3S/c9-4(10)1-6-5(11)3-2-12-8-7-3/h2H,1H2,(H,6,11)(H,9,10). The van der Waals surface area contributed by atoms with Gasteiger partial charge in [0.1, 0.15) is 6.54 Å². The monoisotopic (exact) mass is 187 g/mol. The van der Waals surface area contributed by atoms with E-state index < -0.39 is 18.4 Å². The summed E-state index contributed by atoms with van der Waals surface area (Å²) in [7, 11) is 0. The van der Waals surface area contributed by atoms with Crippen molar-refractivity contribution in [3.8, 4) is 0 Å². The lowest BCUT2D eigenvalue weighted by Gasteiger charge is -1.96. The molecule has 1 rings (SSSR count). The number of hydrogen-bond donors (Lipinski definition) is 2. The van der Waals surface area contributed by atoms with Crippen LogP contribution >= 0.6 is 11.5 Å². The highest BCUT2D eigenvalue weighted by Crippen LogP contribution is 1.95. The molecule has 7 heteroatoms. The van der Waals surface area contributed by atoms with Gasteiger partial charge in [-0.05, 0) is 11.5 Å². The first-order valence-electron chi connectivity index (χ1n) is 2.97. The molecule has 12 heavy (non-hydrogen) atoms. The third-order valence-electron chi connectivity index (χ3n) is 0.993. The summed E-state index contributed by atoms with van der Waals surface area (Å²) in [5.41, 5.74) is 0.140. The van der Waals surface area contributed by atoms with Gasteiger partial charge in [-0.3, -0.25) is 9.59 Å². The lowest BCUT2D eigenvalue weighted by molar-refractivity contribution is -0.135. The summed E-state index contributed by atoms with van der Waals surface area (Å²) >= 11 is 1.03. The van der Waals surface area contributed by atoms with E-state index in [0.717, 1.165) is 11.5 Å². The molecule has 1 aromatic heterocycles. The molecule has 1 heterocycles. The van der Waals surface area contributed by atoms with Gasteiger partial charge in [0, 0.05) is 5.38 Å². The SMILES string of the molecule is O=C(O)CNC(=O)c1csnn1. The molecule has 0 aliphatic heterocycles. The number of hydrogen-bond acceptors (Lipinski definition) is 5. The number of carbonyl (C=O) groups excluding carboxylic acids is 1. The number of amides is 1. The van der Waals surface area contributed by atoms with Gasteiger partial charge in [-0.15, -0.1) is 5.10 Å². The molecule has 0 radical (unpaired) electrons. The molecule has 0 saturated carbocycles. The number of carboxylic acid groups (broad SMARTS) is 1. The van der Waals surface area contributed by atoms with Crippen molar-refractivity contribution in [2.45, 2.75) is 0 Å². The Kier molecular flexibility index (Phi) is 2.70. The maximum atomic E-state index is 10.9.